The van der Waals surface area contributed by atoms with Crippen LogP contribution in [0.4, 0.5) is 24.5 Å². The molecule has 0 radical (unpaired) electrons. The average molecular weight is 378 g/mol. The van der Waals surface area contributed by atoms with Crippen molar-refractivity contribution in [1.29, 1.82) is 0 Å². The number of alkyl halides is 3. The zero-order valence-electron chi connectivity index (χ0n) is 14.4. The SMILES string of the molecule is COc1ccccc1N1C[C@H](C(=O)Nc2cccc(C(F)(F)F)c2)CC1=O. The van der Waals surface area contributed by atoms with Crippen LogP contribution in [0.25, 0.3) is 0 Å². The molecule has 3 rings (SSSR count). The Labute approximate surface area is 153 Å². The Morgan fingerprint density at radius 1 is 1.19 bits per heavy atom. The van der Waals surface area contributed by atoms with Gasteiger partial charge in [0, 0.05) is 18.7 Å². The van der Waals surface area contributed by atoms with Gasteiger partial charge in [0.2, 0.25) is 11.8 Å². The van der Waals surface area contributed by atoms with E-state index in [0.29, 0.717) is 11.4 Å². The Morgan fingerprint density at radius 3 is 2.63 bits per heavy atom. The van der Waals surface area contributed by atoms with Gasteiger partial charge in [-0.1, -0.05) is 18.2 Å². The quantitative estimate of drug-likeness (QED) is 0.883. The highest BCUT2D eigenvalue weighted by atomic mass is 19.4. The fraction of sp³-hybridized carbons (Fsp3) is 0.263. The summed E-state index contributed by atoms with van der Waals surface area (Å²) in [5.41, 5.74) is -0.254. The molecule has 0 unspecified atom stereocenters. The molecule has 1 fully saturated rings. The van der Waals surface area contributed by atoms with E-state index in [2.05, 4.69) is 5.32 Å². The van der Waals surface area contributed by atoms with E-state index in [1.54, 1.807) is 24.3 Å². The van der Waals surface area contributed by atoms with Gasteiger partial charge in [0.05, 0.1) is 24.3 Å². The average Bonchev–Trinajstić information content (AvgIpc) is 3.03. The maximum atomic E-state index is 12.8. The van der Waals surface area contributed by atoms with Crippen LogP contribution in [0, 0.1) is 5.92 Å². The van der Waals surface area contributed by atoms with Gasteiger partial charge >= 0.3 is 6.18 Å². The van der Waals surface area contributed by atoms with E-state index in [4.69, 9.17) is 4.74 Å². The van der Waals surface area contributed by atoms with Gasteiger partial charge in [0.1, 0.15) is 5.75 Å². The number of ether oxygens (including phenoxy) is 1. The molecule has 0 saturated carbocycles. The molecule has 2 aromatic carbocycles. The second-order valence-electron chi connectivity index (χ2n) is 6.15. The number of nitrogens with one attached hydrogen (secondary N) is 1. The van der Waals surface area contributed by atoms with Gasteiger partial charge < -0.3 is 15.0 Å². The molecule has 1 N–H and O–H groups in total. The van der Waals surface area contributed by atoms with Gasteiger partial charge in [-0.25, -0.2) is 0 Å². The lowest BCUT2D eigenvalue weighted by Crippen LogP contribution is -2.28. The fourth-order valence-corrected chi connectivity index (χ4v) is 2.99. The summed E-state index contributed by atoms with van der Waals surface area (Å²) in [6, 6.07) is 11.3. The molecule has 8 heteroatoms. The lowest BCUT2D eigenvalue weighted by atomic mass is 10.1. The maximum Gasteiger partial charge on any atom is 0.416 e. The van der Waals surface area contributed by atoms with Gasteiger partial charge in [-0.05, 0) is 30.3 Å². The number of nitrogens with zero attached hydrogens (tertiary/aromatic N) is 1. The first-order chi connectivity index (χ1) is 12.8. The summed E-state index contributed by atoms with van der Waals surface area (Å²) in [5, 5.41) is 2.47. The molecule has 5 nitrogen and oxygen atoms in total. The second kappa shape index (κ2) is 7.30. The molecule has 1 heterocycles. The van der Waals surface area contributed by atoms with Crippen LogP contribution in [0.3, 0.4) is 0 Å². The third-order valence-electron chi connectivity index (χ3n) is 4.33. The van der Waals surface area contributed by atoms with E-state index in [1.165, 1.54) is 24.1 Å². The molecule has 0 aromatic heterocycles. The zero-order valence-corrected chi connectivity index (χ0v) is 14.4. The molecule has 142 valence electrons. The number of hydrogen-bond donors (Lipinski definition) is 1. The standard InChI is InChI=1S/C19H17F3N2O3/c1-27-16-8-3-2-7-15(16)24-11-12(9-17(24)25)18(26)23-14-6-4-5-13(10-14)19(20,21)22/h2-8,10,12H,9,11H2,1H3,(H,23,26)/t12-/m1/s1. The third-order valence-corrected chi connectivity index (χ3v) is 4.33. The number of rotatable bonds is 4. The lowest BCUT2D eigenvalue weighted by Gasteiger charge is -2.19. The van der Waals surface area contributed by atoms with E-state index in [0.717, 1.165) is 12.1 Å². The largest absolute Gasteiger partial charge is 0.495 e. The number of carbonyl (C=O) groups is 2. The minimum Gasteiger partial charge on any atom is -0.495 e. The van der Waals surface area contributed by atoms with Crippen LogP contribution in [0.5, 0.6) is 5.75 Å². The number of amides is 2. The third kappa shape index (κ3) is 4.05. The number of para-hydroxylation sites is 2. The van der Waals surface area contributed by atoms with E-state index in [-0.39, 0.29) is 24.6 Å². The fourth-order valence-electron chi connectivity index (χ4n) is 2.99. The summed E-state index contributed by atoms with van der Waals surface area (Å²) in [7, 11) is 1.48. The Hall–Kier alpha value is -3.03. The van der Waals surface area contributed by atoms with Gasteiger partial charge in [-0.15, -0.1) is 0 Å². The molecule has 1 saturated heterocycles. The van der Waals surface area contributed by atoms with Gasteiger partial charge in [0.25, 0.3) is 0 Å². The normalized spacial score (nSPS) is 17.1. The number of anilines is 2. The van der Waals surface area contributed by atoms with E-state index < -0.39 is 23.6 Å². The number of hydrogen-bond acceptors (Lipinski definition) is 3. The molecule has 2 amide bonds. The topological polar surface area (TPSA) is 58.6 Å². The molecule has 1 atom stereocenters. The molecular weight excluding hydrogens is 361 g/mol. The first-order valence-electron chi connectivity index (χ1n) is 8.21. The van der Waals surface area contributed by atoms with Crippen molar-refractivity contribution < 1.29 is 27.5 Å². The molecule has 0 spiro atoms. The van der Waals surface area contributed by atoms with Gasteiger partial charge in [-0.2, -0.15) is 13.2 Å². The summed E-state index contributed by atoms with van der Waals surface area (Å²) in [4.78, 5) is 26.2. The molecule has 1 aliphatic heterocycles. The van der Waals surface area contributed by atoms with E-state index in [9.17, 15) is 22.8 Å². The Kier molecular flexibility index (Phi) is 5.07. The summed E-state index contributed by atoms with van der Waals surface area (Å²) in [6.45, 7) is 0.129. The van der Waals surface area contributed by atoms with E-state index >= 15 is 0 Å². The number of carbonyl (C=O) groups excluding carboxylic acids is 2. The molecular formula is C19H17F3N2O3. The highest BCUT2D eigenvalue weighted by Gasteiger charge is 2.36. The van der Waals surface area contributed by atoms with Crippen molar-refractivity contribution in [2.75, 3.05) is 23.9 Å². The molecule has 27 heavy (non-hydrogen) atoms. The van der Waals surface area contributed by atoms with Crippen LogP contribution in [0.15, 0.2) is 48.5 Å². The van der Waals surface area contributed by atoms with Crippen molar-refractivity contribution >= 4 is 23.2 Å². The highest BCUT2D eigenvalue weighted by Crippen LogP contribution is 2.34. The minimum absolute atomic E-state index is 0.0250. The number of benzene rings is 2. The number of methoxy groups -OCH3 is 1. The zero-order chi connectivity index (χ0) is 19.6. The van der Waals surface area contributed by atoms with Crippen LogP contribution in [0.2, 0.25) is 0 Å². The van der Waals surface area contributed by atoms with Crippen molar-refractivity contribution in [3.05, 3.63) is 54.1 Å². The Balaban J connectivity index is 1.73. The molecule has 0 bridgehead atoms. The van der Waals surface area contributed by atoms with Crippen molar-refractivity contribution in [2.45, 2.75) is 12.6 Å². The Bertz CT molecular complexity index is 867. The molecule has 0 aliphatic carbocycles. The predicted octanol–water partition coefficient (Wildman–Crippen LogP) is 3.71. The van der Waals surface area contributed by atoms with Gasteiger partial charge in [0.15, 0.2) is 0 Å². The van der Waals surface area contributed by atoms with Crippen molar-refractivity contribution in [3.63, 3.8) is 0 Å². The monoisotopic (exact) mass is 378 g/mol. The minimum atomic E-state index is -4.50. The van der Waals surface area contributed by atoms with Gasteiger partial charge in [-0.3, -0.25) is 9.59 Å². The van der Waals surface area contributed by atoms with Crippen molar-refractivity contribution in [2.24, 2.45) is 5.92 Å². The summed E-state index contributed by atoms with van der Waals surface area (Å²) in [5.74, 6) is -0.912. The van der Waals surface area contributed by atoms with Crippen LogP contribution < -0.4 is 15.0 Å². The summed E-state index contributed by atoms with van der Waals surface area (Å²) in [6.07, 6.45) is -4.52. The summed E-state index contributed by atoms with van der Waals surface area (Å²) < 4.78 is 43.6. The molecule has 1 aliphatic rings. The van der Waals surface area contributed by atoms with E-state index in [1.807, 2.05) is 0 Å². The number of halogens is 3. The Morgan fingerprint density at radius 2 is 1.93 bits per heavy atom. The second-order valence-corrected chi connectivity index (χ2v) is 6.15. The molecule has 2 aromatic rings. The maximum absolute atomic E-state index is 12.8. The predicted molar refractivity (Wildman–Crippen MR) is 93.5 cm³/mol. The first kappa shape index (κ1) is 18.8. The van der Waals surface area contributed by atoms with Crippen LogP contribution in [-0.4, -0.2) is 25.5 Å². The van der Waals surface area contributed by atoms with Crippen LogP contribution in [-0.2, 0) is 15.8 Å². The smallest absolute Gasteiger partial charge is 0.416 e. The van der Waals surface area contributed by atoms with Crippen molar-refractivity contribution in [1.82, 2.24) is 0 Å². The van der Waals surface area contributed by atoms with Crippen LogP contribution in [0.1, 0.15) is 12.0 Å². The summed E-state index contributed by atoms with van der Waals surface area (Å²) >= 11 is 0. The highest BCUT2D eigenvalue weighted by molar-refractivity contribution is 6.04. The van der Waals surface area contributed by atoms with Crippen molar-refractivity contribution in [3.8, 4) is 5.75 Å². The lowest BCUT2D eigenvalue weighted by molar-refractivity contribution is -0.137. The first-order valence-corrected chi connectivity index (χ1v) is 8.21. The van der Waals surface area contributed by atoms with Crippen LogP contribution >= 0.6 is 0 Å².